The monoisotopic (exact) mass is 262 g/mol. The third kappa shape index (κ3) is 1.83. The van der Waals surface area contributed by atoms with Gasteiger partial charge in [0.05, 0.1) is 11.7 Å². The minimum absolute atomic E-state index is 0.371. The van der Waals surface area contributed by atoms with Gasteiger partial charge in [-0.3, -0.25) is 5.01 Å². The molecule has 0 saturated carbocycles. The van der Waals surface area contributed by atoms with Crippen molar-refractivity contribution in [3.05, 3.63) is 65.7 Å². The number of hydrazone groups is 1. The maximum Gasteiger partial charge on any atom is 0.0856 e. The highest BCUT2D eigenvalue weighted by Crippen LogP contribution is 2.42. The van der Waals surface area contributed by atoms with E-state index in [1.54, 1.807) is 0 Å². The number of anilines is 1. The zero-order valence-electron chi connectivity index (χ0n) is 11.4. The van der Waals surface area contributed by atoms with E-state index >= 15 is 0 Å². The highest BCUT2D eigenvalue weighted by Gasteiger charge is 2.35. The van der Waals surface area contributed by atoms with E-state index in [9.17, 15) is 0 Å². The Morgan fingerprint density at radius 2 is 1.75 bits per heavy atom. The van der Waals surface area contributed by atoms with Gasteiger partial charge >= 0.3 is 0 Å². The molecule has 0 radical (unpaired) electrons. The molecule has 0 fully saturated rings. The molecule has 1 aliphatic heterocycles. The fourth-order valence-corrected chi connectivity index (χ4v) is 3.47. The molecule has 2 atom stereocenters. The molecule has 0 bridgehead atoms. The Bertz CT molecular complexity index is 633. The number of hydrogen-bond acceptors (Lipinski definition) is 2. The number of rotatable bonds is 1. The molecule has 0 amide bonds. The van der Waals surface area contributed by atoms with E-state index in [-0.39, 0.29) is 0 Å². The van der Waals surface area contributed by atoms with Crippen LogP contribution in [0.3, 0.4) is 0 Å². The van der Waals surface area contributed by atoms with Crippen molar-refractivity contribution in [3.63, 3.8) is 0 Å². The smallest absolute Gasteiger partial charge is 0.0856 e. The van der Waals surface area contributed by atoms with Crippen LogP contribution in [0.2, 0.25) is 0 Å². The maximum atomic E-state index is 4.70. The lowest BCUT2D eigenvalue weighted by atomic mass is 9.92. The van der Waals surface area contributed by atoms with Crippen molar-refractivity contribution in [1.82, 2.24) is 0 Å². The lowest BCUT2D eigenvalue weighted by molar-refractivity contribution is 0.525. The first kappa shape index (κ1) is 11.7. The van der Waals surface area contributed by atoms with Gasteiger partial charge in [-0.05, 0) is 42.5 Å². The third-order valence-corrected chi connectivity index (χ3v) is 4.43. The highest BCUT2D eigenvalue weighted by molar-refractivity contribution is 5.71. The van der Waals surface area contributed by atoms with Crippen LogP contribution in [0.15, 0.2) is 59.7 Å². The highest BCUT2D eigenvalue weighted by atomic mass is 15.5. The van der Waals surface area contributed by atoms with E-state index in [0.717, 1.165) is 0 Å². The van der Waals surface area contributed by atoms with Gasteiger partial charge in [-0.15, -0.1) is 0 Å². The normalized spacial score (nSPS) is 24.1. The van der Waals surface area contributed by atoms with Crippen LogP contribution in [0, 0.1) is 5.92 Å². The van der Waals surface area contributed by atoms with Crippen LogP contribution < -0.4 is 5.01 Å². The molecule has 4 rings (SSSR count). The minimum Gasteiger partial charge on any atom is -0.258 e. The summed E-state index contributed by atoms with van der Waals surface area (Å²) in [5.41, 5.74) is 4.13. The van der Waals surface area contributed by atoms with Crippen LogP contribution in [0.1, 0.15) is 30.0 Å². The summed E-state index contributed by atoms with van der Waals surface area (Å²) in [6.45, 7) is 0. The van der Waals surface area contributed by atoms with Crippen LogP contribution >= 0.6 is 0 Å². The molecular weight excluding hydrogens is 244 g/mol. The summed E-state index contributed by atoms with van der Waals surface area (Å²) in [6.07, 6.45) is 5.83. The fourth-order valence-electron chi connectivity index (χ4n) is 3.47. The van der Waals surface area contributed by atoms with E-state index < -0.39 is 0 Å². The Morgan fingerprint density at radius 3 is 2.65 bits per heavy atom. The van der Waals surface area contributed by atoms with Gasteiger partial charge in [0, 0.05) is 12.1 Å². The van der Waals surface area contributed by atoms with Crippen LogP contribution in [0.25, 0.3) is 0 Å². The van der Waals surface area contributed by atoms with Crippen LogP contribution in [-0.4, -0.2) is 6.21 Å². The third-order valence-electron chi connectivity index (χ3n) is 4.43. The lowest BCUT2D eigenvalue weighted by Crippen LogP contribution is -2.23. The van der Waals surface area contributed by atoms with Crippen molar-refractivity contribution in [2.45, 2.75) is 25.3 Å². The minimum atomic E-state index is 0.371. The summed E-state index contributed by atoms with van der Waals surface area (Å²) in [4.78, 5) is 0. The molecule has 0 unspecified atom stereocenters. The Hall–Kier alpha value is -2.09. The van der Waals surface area contributed by atoms with Gasteiger partial charge in [0.2, 0.25) is 0 Å². The molecule has 100 valence electrons. The predicted molar refractivity (Wildman–Crippen MR) is 83.0 cm³/mol. The van der Waals surface area contributed by atoms with Gasteiger partial charge in [0.15, 0.2) is 0 Å². The van der Waals surface area contributed by atoms with E-state index in [1.807, 2.05) is 0 Å². The SMILES string of the molecule is C1=NN(c2ccccc2)[C@@H]2c3ccccc3CCC[C@H]12. The molecule has 2 aromatic rings. The Morgan fingerprint density at radius 1 is 0.950 bits per heavy atom. The summed E-state index contributed by atoms with van der Waals surface area (Å²) in [7, 11) is 0. The van der Waals surface area contributed by atoms with Gasteiger partial charge in [-0.1, -0.05) is 42.5 Å². The molecule has 1 heterocycles. The molecule has 0 saturated heterocycles. The van der Waals surface area contributed by atoms with Gasteiger partial charge in [-0.25, -0.2) is 0 Å². The first-order valence-electron chi connectivity index (χ1n) is 7.40. The van der Waals surface area contributed by atoms with Crippen LogP contribution in [0.4, 0.5) is 5.69 Å². The van der Waals surface area contributed by atoms with E-state index in [2.05, 4.69) is 65.8 Å². The summed E-state index contributed by atoms with van der Waals surface area (Å²) < 4.78 is 0. The molecule has 2 nitrogen and oxygen atoms in total. The fraction of sp³-hybridized carbons (Fsp3) is 0.278. The average molecular weight is 262 g/mol. The van der Waals surface area contributed by atoms with Crippen molar-refractivity contribution in [3.8, 4) is 0 Å². The number of benzene rings is 2. The van der Waals surface area contributed by atoms with Crippen molar-refractivity contribution in [2.24, 2.45) is 11.0 Å². The number of fused-ring (bicyclic) bond motifs is 3. The Balaban J connectivity index is 1.80. The van der Waals surface area contributed by atoms with Crippen LogP contribution in [0.5, 0.6) is 0 Å². The van der Waals surface area contributed by atoms with Gasteiger partial charge in [-0.2, -0.15) is 5.10 Å². The molecule has 0 N–H and O–H groups in total. The van der Waals surface area contributed by atoms with Gasteiger partial charge in [0.25, 0.3) is 0 Å². The van der Waals surface area contributed by atoms with E-state index in [0.29, 0.717) is 12.0 Å². The molecule has 0 spiro atoms. The van der Waals surface area contributed by atoms with Gasteiger partial charge in [0.1, 0.15) is 0 Å². The largest absolute Gasteiger partial charge is 0.258 e. The molecule has 2 aromatic carbocycles. The van der Waals surface area contributed by atoms with Crippen molar-refractivity contribution >= 4 is 11.9 Å². The second kappa shape index (κ2) is 4.78. The van der Waals surface area contributed by atoms with E-state index in [4.69, 9.17) is 5.10 Å². The zero-order chi connectivity index (χ0) is 13.4. The van der Waals surface area contributed by atoms with Crippen molar-refractivity contribution < 1.29 is 0 Å². The maximum absolute atomic E-state index is 4.70. The summed E-state index contributed by atoms with van der Waals surface area (Å²) in [5, 5.41) is 6.90. The molecule has 0 aromatic heterocycles. The first-order chi connectivity index (χ1) is 9.93. The predicted octanol–water partition coefficient (Wildman–Crippen LogP) is 4.19. The molecule has 20 heavy (non-hydrogen) atoms. The number of aryl methyl sites for hydroxylation is 1. The van der Waals surface area contributed by atoms with Crippen molar-refractivity contribution in [2.75, 3.05) is 5.01 Å². The summed E-state index contributed by atoms with van der Waals surface area (Å²) in [5.74, 6) is 0.541. The topological polar surface area (TPSA) is 15.6 Å². The lowest BCUT2D eigenvalue weighted by Gasteiger charge is -2.28. The van der Waals surface area contributed by atoms with Crippen LogP contribution in [-0.2, 0) is 6.42 Å². The Kier molecular flexibility index (Phi) is 2.80. The van der Waals surface area contributed by atoms with E-state index in [1.165, 1.54) is 36.1 Å². The van der Waals surface area contributed by atoms with Crippen molar-refractivity contribution in [1.29, 1.82) is 0 Å². The molecule has 2 aliphatic rings. The quantitative estimate of drug-likeness (QED) is 0.752. The number of para-hydroxylation sites is 1. The summed E-state index contributed by atoms with van der Waals surface area (Å²) in [6, 6.07) is 19.8. The second-order valence-corrected chi connectivity index (χ2v) is 5.64. The molecule has 2 heteroatoms. The standard InChI is InChI=1S/C18H18N2/c1-2-10-16(11-3-1)20-18-15(13-19-20)9-6-8-14-7-4-5-12-17(14)18/h1-5,7,10-13,15,18H,6,8-9H2/t15-,18+/m1/s1. The zero-order valence-corrected chi connectivity index (χ0v) is 11.4. The average Bonchev–Trinajstić information content (AvgIpc) is 2.84. The Labute approximate surface area is 119 Å². The molecular formula is C18H18N2. The molecule has 1 aliphatic carbocycles. The van der Waals surface area contributed by atoms with Gasteiger partial charge < -0.3 is 0 Å². The number of hydrogen-bond donors (Lipinski definition) is 0. The summed E-state index contributed by atoms with van der Waals surface area (Å²) >= 11 is 0. The number of nitrogens with zero attached hydrogens (tertiary/aromatic N) is 2. The second-order valence-electron chi connectivity index (χ2n) is 5.64. The first-order valence-corrected chi connectivity index (χ1v) is 7.40.